The number of carbonyl (C=O) groups is 1. The third-order valence-electron chi connectivity index (χ3n) is 4.43. The summed E-state index contributed by atoms with van der Waals surface area (Å²) in [5, 5.41) is 12.0. The van der Waals surface area contributed by atoms with E-state index in [0.717, 1.165) is 23.4 Å². The van der Waals surface area contributed by atoms with Crippen molar-refractivity contribution >= 4 is 17.7 Å². The largest absolute Gasteiger partial charge is 0.355 e. The van der Waals surface area contributed by atoms with E-state index in [9.17, 15) is 4.79 Å². The summed E-state index contributed by atoms with van der Waals surface area (Å²) in [5.74, 6) is 0.755. The number of hydrogen-bond acceptors (Lipinski definition) is 5. The Bertz CT molecular complexity index is 913. The first-order valence-corrected chi connectivity index (χ1v) is 9.92. The lowest BCUT2D eigenvalue weighted by molar-refractivity contribution is -0.120. The highest BCUT2D eigenvalue weighted by molar-refractivity contribution is 8.00. The standard InChI is InChI=1S/C20H21N5OS/c1-2-13-21-19(26)17-16(14-9-5-3-6-10-14)24-25-18(22-23-20(25)27-17)15-11-7-4-8-12-15/h3-12,16-17,24H,2,13H2,1H3,(H,21,26)/t16-,17-/m0/s1. The number of nitrogens with zero attached hydrogens (tertiary/aromatic N) is 3. The van der Waals surface area contributed by atoms with E-state index in [1.807, 2.05) is 72.3 Å². The molecule has 0 fully saturated rings. The Kier molecular flexibility index (Phi) is 5.11. The van der Waals surface area contributed by atoms with E-state index in [1.165, 1.54) is 11.8 Å². The molecule has 0 radical (unpaired) electrons. The molecule has 0 saturated heterocycles. The minimum Gasteiger partial charge on any atom is -0.355 e. The van der Waals surface area contributed by atoms with E-state index < -0.39 is 0 Å². The first kappa shape index (κ1) is 17.6. The number of benzene rings is 2. The molecule has 0 saturated carbocycles. The van der Waals surface area contributed by atoms with Gasteiger partial charge in [0.1, 0.15) is 5.25 Å². The number of fused-ring (bicyclic) bond motifs is 1. The van der Waals surface area contributed by atoms with Gasteiger partial charge in [-0.3, -0.25) is 4.79 Å². The molecule has 138 valence electrons. The second kappa shape index (κ2) is 7.84. The quantitative estimate of drug-likeness (QED) is 0.712. The Hall–Kier alpha value is -2.80. The van der Waals surface area contributed by atoms with Crippen LogP contribution in [0.5, 0.6) is 0 Å². The average molecular weight is 379 g/mol. The molecule has 2 aromatic carbocycles. The van der Waals surface area contributed by atoms with Gasteiger partial charge in [0.25, 0.3) is 0 Å². The van der Waals surface area contributed by atoms with Crippen molar-refractivity contribution in [1.82, 2.24) is 20.2 Å². The maximum atomic E-state index is 12.8. The second-order valence-corrected chi connectivity index (χ2v) is 7.46. The summed E-state index contributed by atoms with van der Waals surface area (Å²) >= 11 is 1.45. The molecule has 27 heavy (non-hydrogen) atoms. The van der Waals surface area contributed by atoms with Crippen molar-refractivity contribution in [3.05, 3.63) is 66.2 Å². The van der Waals surface area contributed by atoms with E-state index in [0.29, 0.717) is 11.7 Å². The molecule has 1 aliphatic heterocycles. The minimum absolute atomic E-state index is 0.0127. The van der Waals surface area contributed by atoms with E-state index >= 15 is 0 Å². The second-order valence-electron chi connectivity index (χ2n) is 6.35. The first-order valence-electron chi connectivity index (χ1n) is 9.04. The van der Waals surface area contributed by atoms with Gasteiger partial charge in [-0.1, -0.05) is 79.3 Å². The zero-order valence-electron chi connectivity index (χ0n) is 15.0. The topological polar surface area (TPSA) is 71.8 Å². The van der Waals surface area contributed by atoms with Gasteiger partial charge in [0.2, 0.25) is 11.1 Å². The number of hydrogen-bond donors (Lipinski definition) is 2. The van der Waals surface area contributed by atoms with Gasteiger partial charge in [-0.2, -0.15) is 0 Å². The van der Waals surface area contributed by atoms with Gasteiger partial charge < -0.3 is 10.7 Å². The molecule has 6 nitrogen and oxygen atoms in total. The number of amides is 1. The third kappa shape index (κ3) is 3.55. The average Bonchev–Trinajstić information content (AvgIpc) is 3.15. The summed E-state index contributed by atoms with van der Waals surface area (Å²) in [6, 6.07) is 19.8. The molecule has 3 aromatic rings. The van der Waals surface area contributed by atoms with Crippen molar-refractivity contribution in [2.45, 2.75) is 29.8 Å². The fourth-order valence-electron chi connectivity index (χ4n) is 3.09. The molecule has 0 aliphatic carbocycles. The summed E-state index contributed by atoms with van der Waals surface area (Å²) in [4.78, 5) is 12.8. The molecule has 1 aliphatic rings. The first-order chi connectivity index (χ1) is 13.3. The SMILES string of the molecule is CCCNC(=O)[C@H]1Sc2nnc(-c3ccccc3)n2N[C@H]1c1ccccc1. The van der Waals surface area contributed by atoms with Gasteiger partial charge in [0.15, 0.2) is 5.82 Å². The molecular weight excluding hydrogens is 358 g/mol. The lowest BCUT2D eigenvalue weighted by atomic mass is 10.0. The van der Waals surface area contributed by atoms with Crippen LogP contribution in [0.4, 0.5) is 0 Å². The van der Waals surface area contributed by atoms with Crippen LogP contribution < -0.4 is 10.7 Å². The minimum atomic E-state index is -0.320. The fraction of sp³-hybridized carbons (Fsp3) is 0.250. The van der Waals surface area contributed by atoms with Gasteiger partial charge in [-0.15, -0.1) is 10.2 Å². The molecule has 7 heteroatoms. The highest BCUT2D eigenvalue weighted by atomic mass is 32.2. The summed E-state index contributed by atoms with van der Waals surface area (Å²) in [5.41, 5.74) is 5.51. The molecule has 0 spiro atoms. The van der Waals surface area contributed by atoms with Crippen LogP contribution >= 0.6 is 11.8 Å². The van der Waals surface area contributed by atoms with Crippen LogP contribution in [0.3, 0.4) is 0 Å². The van der Waals surface area contributed by atoms with E-state index in [4.69, 9.17) is 0 Å². The molecule has 0 unspecified atom stereocenters. The number of carbonyl (C=O) groups excluding carboxylic acids is 1. The smallest absolute Gasteiger partial charge is 0.236 e. The van der Waals surface area contributed by atoms with Crippen molar-refractivity contribution in [3.8, 4) is 11.4 Å². The highest BCUT2D eigenvalue weighted by Crippen LogP contribution is 2.38. The monoisotopic (exact) mass is 379 g/mol. The van der Waals surface area contributed by atoms with Crippen LogP contribution in [-0.4, -0.2) is 32.6 Å². The Morgan fingerprint density at radius 1 is 1.11 bits per heavy atom. The van der Waals surface area contributed by atoms with Crippen LogP contribution in [0.1, 0.15) is 24.9 Å². The van der Waals surface area contributed by atoms with E-state index in [2.05, 4.69) is 20.9 Å². The van der Waals surface area contributed by atoms with Gasteiger partial charge in [-0.05, 0) is 12.0 Å². The van der Waals surface area contributed by atoms with Gasteiger partial charge in [0, 0.05) is 12.1 Å². The molecule has 1 amide bonds. The summed E-state index contributed by atoms with van der Waals surface area (Å²) in [7, 11) is 0. The normalized spacial score (nSPS) is 18.4. The maximum Gasteiger partial charge on any atom is 0.236 e. The van der Waals surface area contributed by atoms with E-state index in [-0.39, 0.29) is 17.2 Å². The molecule has 2 heterocycles. The van der Waals surface area contributed by atoms with Crippen LogP contribution in [0.2, 0.25) is 0 Å². The Morgan fingerprint density at radius 2 is 1.81 bits per heavy atom. The fourth-order valence-corrected chi connectivity index (χ4v) is 4.19. The van der Waals surface area contributed by atoms with E-state index in [1.54, 1.807) is 0 Å². The number of rotatable bonds is 5. The van der Waals surface area contributed by atoms with Crippen molar-refractivity contribution in [3.63, 3.8) is 0 Å². The maximum absolute atomic E-state index is 12.8. The van der Waals surface area contributed by atoms with Gasteiger partial charge in [-0.25, -0.2) is 4.68 Å². The van der Waals surface area contributed by atoms with Crippen LogP contribution in [0.15, 0.2) is 65.8 Å². The zero-order chi connectivity index (χ0) is 18.6. The van der Waals surface area contributed by atoms with Crippen LogP contribution in [-0.2, 0) is 4.79 Å². The molecule has 4 rings (SSSR count). The lowest BCUT2D eigenvalue weighted by Crippen LogP contribution is -2.44. The summed E-state index contributed by atoms with van der Waals surface area (Å²) < 4.78 is 1.89. The highest BCUT2D eigenvalue weighted by Gasteiger charge is 2.37. The molecule has 2 atom stereocenters. The predicted molar refractivity (Wildman–Crippen MR) is 107 cm³/mol. The summed E-state index contributed by atoms with van der Waals surface area (Å²) in [6.45, 7) is 2.71. The lowest BCUT2D eigenvalue weighted by Gasteiger charge is -2.33. The molecule has 2 N–H and O–H groups in total. The number of thioether (sulfide) groups is 1. The van der Waals surface area contributed by atoms with Gasteiger partial charge >= 0.3 is 0 Å². The predicted octanol–water partition coefficient (Wildman–Crippen LogP) is 3.23. The third-order valence-corrected chi connectivity index (χ3v) is 5.65. The zero-order valence-corrected chi connectivity index (χ0v) is 15.8. The molecular formula is C20H21N5OS. The Labute approximate surface area is 162 Å². The molecule has 1 aromatic heterocycles. The van der Waals surface area contributed by atoms with Gasteiger partial charge in [0.05, 0.1) is 6.04 Å². The Morgan fingerprint density at radius 3 is 2.52 bits per heavy atom. The summed E-state index contributed by atoms with van der Waals surface area (Å²) in [6.07, 6.45) is 0.904. The van der Waals surface area contributed by atoms with Crippen molar-refractivity contribution in [1.29, 1.82) is 0 Å². The molecule has 0 bridgehead atoms. The van der Waals surface area contributed by atoms with Crippen LogP contribution in [0, 0.1) is 0 Å². The number of nitrogens with one attached hydrogen (secondary N) is 2. The van der Waals surface area contributed by atoms with Crippen molar-refractivity contribution < 1.29 is 4.79 Å². The number of aromatic nitrogens is 3. The van der Waals surface area contributed by atoms with Crippen LogP contribution in [0.25, 0.3) is 11.4 Å². The Balaban J connectivity index is 1.71. The van der Waals surface area contributed by atoms with Crippen molar-refractivity contribution in [2.75, 3.05) is 12.0 Å². The van der Waals surface area contributed by atoms with Crippen molar-refractivity contribution in [2.24, 2.45) is 0 Å².